The quantitative estimate of drug-likeness (QED) is 0.806. The third-order valence-electron chi connectivity index (χ3n) is 2.68. The van der Waals surface area contributed by atoms with Crippen LogP contribution in [0.25, 0.3) is 0 Å². The van der Waals surface area contributed by atoms with Gasteiger partial charge >= 0.3 is 0 Å². The molecule has 86 valence electrons. The van der Waals surface area contributed by atoms with Crippen molar-refractivity contribution in [3.8, 4) is 0 Å². The van der Waals surface area contributed by atoms with E-state index in [1.54, 1.807) is 11.3 Å². The summed E-state index contributed by atoms with van der Waals surface area (Å²) in [6, 6.07) is 0.624. The lowest BCUT2D eigenvalue weighted by Crippen LogP contribution is -2.27. The lowest BCUT2D eigenvalue weighted by Gasteiger charge is -2.22. The summed E-state index contributed by atoms with van der Waals surface area (Å²) in [5.41, 5.74) is 1.19. The summed E-state index contributed by atoms with van der Waals surface area (Å²) >= 11 is 1.74. The Morgan fingerprint density at radius 1 is 1.60 bits per heavy atom. The molecule has 0 saturated heterocycles. The second-order valence-corrected chi connectivity index (χ2v) is 4.88. The predicted octanol–water partition coefficient (Wildman–Crippen LogP) is 2.09. The van der Waals surface area contributed by atoms with Crippen molar-refractivity contribution in [2.75, 3.05) is 14.1 Å². The SMILES string of the molecule is CCC(C)N(C)Cc1csc(CNC)n1. The fraction of sp³-hybridized carbons (Fsp3) is 0.727. The summed E-state index contributed by atoms with van der Waals surface area (Å²) in [7, 11) is 4.11. The average Bonchev–Trinajstić information content (AvgIpc) is 2.65. The van der Waals surface area contributed by atoms with Gasteiger partial charge in [0.2, 0.25) is 0 Å². The van der Waals surface area contributed by atoms with Crippen molar-refractivity contribution in [1.29, 1.82) is 0 Å². The van der Waals surface area contributed by atoms with Gasteiger partial charge in [0.15, 0.2) is 0 Å². The summed E-state index contributed by atoms with van der Waals surface area (Å²) < 4.78 is 0. The molecule has 0 aliphatic heterocycles. The molecule has 0 aromatic carbocycles. The van der Waals surface area contributed by atoms with Gasteiger partial charge in [0.25, 0.3) is 0 Å². The third-order valence-corrected chi connectivity index (χ3v) is 3.58. The Morgan fingerprint density at radius 3 is 2.93 bits per heavy atom. The minimum atomic E-state index is 0.624. The van der Waals surface area contributed by atoms with Crippen molar-refractivity contribution in [3.63, 3.8) is 0 Å². The molecule has 0 radical (unpaired) electrons. The van der Waals surface area contributed by atoms with Crippen LogP contribution in [0.4, 0.5) is 0 Å². The van der Waals surface area contributed by atoms with Crippen LogP contribution in [0.3, 0.4) is 0 Å². The molecule has 1 unspecified atom stereocenters. The van der Waals surface area contributed by atoms with Gasteiger partial charge in [-0.25, -0.2) is 4.98 Å². The van der Waals surface area contributed by atoms with Gasteiger partial charge in [-0.05, 0) is 27.4 Å². The molecule has 1 N–H and O–H groups in total. The zero-order valence-corrected chi connectivity index (χ0v) is 10.9. The van der Waals surface area contributed by atoms with E-state index in [0.29, 0.717) is 6.04 Å². The lowest BCUT2D eigenvalue weighted by molar-refractivity contribution is 0.241. The van der Waals surface area contributed by atoms with Gasteiger partial charge in [-0.3, -0.25) is 4.90 Å². The molecule has 4 heteroatoms. The first-order valence-electron chi connectivity index (χ1n) is 5.45. The Morgan fingerprint density at radius 2 is 2.33 bits per heavy atom. The lowest BCUT2D eigenvalue weighted by atomic mass is 10.2. The molecular weight excluding hydrogens is 206 g/mol. The van der Waals surface area contributed by atoms with Crippen LogP contribution in [0.2, 0.25) is 0 Å². The average molecular weight is 227 g/mol. The highest BCUT2D eigenvalue weighted by atomic mass is 32.1. The molecular formula is C11H21N3S. The molecule has 1 heterocycles. The van der Waals surface area contributed by atoms with Crippen LogP contribution in [-0.4, -0.2) is 30.0 Å². The highest BCUT2D eigenvalue weighted by Crippen LogP contribution is 2.12. The minimum Gasteiger partial charge on any atom is -0.314 e. The molecule has 1 aromatic heterocycles. The standard InChI is InChI=1S/C11H21N3S/c1-5-9(2)14(4)7-10-8-15-11(13-10)6-12-3/h8-9,12H,5-7H2,1-4H3. The van der Waals surface area contributed by atoms with E-state index in [-0.39, 0.29) is 0 Å². The molecule has 15 heavy (non-hydrogen) atoms. The Bertz CT molecular complexity index is 285. The van der Waals surface area contributed by atoms with Crippen molar-refractivity contribution < 1.29 is 0 Å². The first-order valence-corrected chi connectivity index (χ1v) is 6.33. The van der Waals surface area contributed by atoms with Crippen molar-refractivity contribution in [1.82, 2.24) is 15.2 Å². The zero-order chi connectivity index (χ0) is 11.3. The number of nitrogens with zero attached hydrogens (tertiary/aromatic N) is 2. The molecule has 0 spiro atoms. The highest BCUT2D eigenvalue weighted by molar-refractivity contribution is 7.09. The first-order chi connectivity index (χ1) is 7.17. The number of aromatic nitrogens is 1. The number of thiazole rings is 1. The van der Waals surface area contributed by atoms with E-state index in [0.717, 1.165) is 13.1 Å². The van der Waals surface area contributed by atoms with Crippen molar-refractivity contribution in [2.24, 2.45) is 0 Å². The Labute approximate surface area is 96.5 Å². The Kier molecular flexibility index (Phi) is 5.22. The number of hydrogen-bond acceptors (Lipinski definition) is 4. The normalized spacial score (nSPS) is 13.4. The van der Waals surface area contributed by atoms with Gasteiger partial charge in [0.1, 0.15) is 5.01 Å². The van der Waals surface area contributed by atoms with Crippen LogP contribution < -0.4 is 5.32 Å². The Balaban J connectivity index is 2.49. The third kappa shape index (κ3) is 3.89. The van der Waals surface area contributed by atoms with E-state index in [1.165, 1.54) is 17.1 Å². The summed E-state index contributed by atoms with van der Waals surface area (Å²) in [6.07, 6.45) is 1.18. The fourth-order valence-corrected chi connectivity index (χ4v) is 2.17. The summed E-state index contributed by atoms with van der Waals surface area (Å²) in [6.45, 7) is 6.29. The molecule has 1 aromatic rings. The number of rotatable bonds is 6. The van der Waals surface area contributed by atoms with E-state index in [4.69, 9.17) is 0 Å². The molecule has 0 aliphatic carbocycles. The largest absolute Gasteiger partial charge is 0.314 e. The van der Waals surface area contributed by atoms with E-state index < -0.39 is 0 Å². The monoisotopic (exact) mass is 227 g/mol. The molecule has 3 nitrogen and oxygen atoms in total. The summed E-state index contributed by atoms with van der Waals surface area (Å²) in [5, 5.41) is 6.45. The van der Waals surface area contributed by atoms with Gasteiger partial charge in [-0.2, -0.15) is 0 Å². The van der Waals surface area contributed by atoms with Crippen LogP contribution in [0.1, 0.15) is 31.0 Å². The topological polar surface area (TPSA) is 28.2 Å². The molecule has 0 bridgehead atoms. The smallest absolute Gasteiger partial charge is 0.107 e. The van der Waals surface area contributed by atoms with E-state index in [9.17, 15) is 0 Å². The van der Waals surface area contributed by atoms with Crippen LogP contribution >= 0.6 is 11.3 Å². The molecule has 0 saturated carbocycles. The van der Waals surface area contributed by atoms with Gasteiger partial charge < -0.3 is 5.32 Å². The molecule has 1 atom stereocenters. The number of nitrogens with one attached hydrogen (secondary N) is 1. The number of hydrogen-bond donors (Lipinski definition) is 1. The maximum Gasteiger partial charge on any atom is 0.107 e. The van der Waals surface area contributed by atoms with Crippen LogP contribution in [0, 0.1) is 0 Å². The maximum atomic E-state index is 4.57. The van der Waals surface area contributed by atoms with Crippen LogP contribution in [-0.2, 0) is 13.1 Å². The van der Waals surface area contributed by atoms with Gasteiger partial charge in [-0.15, -0.1) is 11.3 Å². The van der Waals surface area contributed by atoms with Gasteiger partial charge in [0.05, 0.1) is 5.69 Å². The molecule has 0 amide bonds. The second kappa shape index (κ2) is 6.20. The summed E-state index contributed by atoms with van der Waals surface area (Å²) in [4.78, 5) is 6.92. The second-order valence-electron chi connectivity index (χ2n) is 3.94. The minimum absolute atomic E-state index is 0.624. The van der Waals surface area contributed by atoms with E-state index >= 15 is 0 Å². The van der Waals surface area contributed by atoms with Crippen LogP contribution in [0.15, 0.2) is 5.38 Å². The van der Waals surface area contributed by atoms with Crippen molar-refractivity contribution in [2.45, 2.75) is 39.4 Å². The van der Waals surface area contributed by atoms with Gasteiger partial charge in [-0.1, -0.05) is 6.92 Å². The van der Waals surface area contributed by atoms with Crippen molar-refractivity contribution >= 4 is 11.3 Å². The molecule has 0 fully saturated rings. The van der Waals surface area contributed by atoms with E-state index in [2.05, 4.69) is 41.5 Å². The fourth-order valence-electron chi connectivity index (χ4n) is 1.38. The highest BCUT2D eigenvalue weighted by Gasteiger charge is 2.09. The van der Waals surface area contributed by atoms with E-state index in [1.807, 2.05) is 7.05 Å². The molecule has 1 rings (SSSR count). The Hall–Kier alpha value is -0.450. The summed E-state index contributed by atoms with van der Waals surface area (Å²) in [5.74, 6) is 0. The predicted molar refractivity (Wildman–Crippen MR) is 66.1 cm³/mol. The van der Waals surface area contributed by atoms with Gasteiger partial charge in [0, 0.05) is 24.5 Å². The first kappa shape index (κ1) is 12.6. The maximum absolute atomic E-state index is 4.57. The van der Waals surface area contributed by atoms with Crippen LogP contribution in [0.5, 0.6) is 0 Å². The molecule has 0 aliphatic rings. The van der Waals surface area contributed by atoms with Crippen molar-refractivity contribution in [3.05, 3.63) is 16.1 Å². The zero-order valence-electron chi connectivity index (χ0n) is 10.1.